The van der Waals surface area contributed by atoms with Crippen molar-refractivity contribution in [3.8, 4) is 0 Å². The van der Waals surface area contributed by atoms with Gasteiger partial charge in [0.05, 0.1) is 16.1 Å². The van der Waals surface area contributed by atoms with E-state index in [9.17, 15) is 18.0 Å². The van der Waals surface area contributed by atoms with E-state index < -0.39 is 11.9 Å². The van der Waals surface area contributed by atoms with Gasteiger partial charge in [0.25, 0.3) is 5.91 Å². The van der Waals surface area contributed by atoms with Gasteiger partial charge in [0.15, 0.2) is 0 Å². The molecule has 0 spiro atoms. The molecule has 2 aromatic carbocycles. The number of anilines is 1. The van der Waals surface area contributed by atoms with Crippen LogP contribution in [0.3, 0.4) is 0 Å². The Morgan fingerprint density at radius 3 is 2.32 bits per heavy atom. The Hall–Kier alpha value is -2.80. The van der Waals surface area contributed by atoms with Crippen LogP contribution in [-0.2, 0) is 6.18 Å². The number of pyridine rings is 1. The van der Waals surface area contributed by atoms with Crippen molar-refractivity contribution in [3.63, 3.8) is 0 Å². The van der Waals surface area contributed by atoms with E-state index in [0.717, 1.165) is 31.7 Å². The highest BCUT2D eigenvalue weighted by Gasteiger charge is 2.34. The highest BCUT2D eigenvalue weighted by Crippen LogP contribution is 2.34. The molecule has 162 valence electrons. The van der Waals surface area contributed by atoms with E-state index in [4.69, 9.17) is 11.6 Å². The van der Waals surface area contributed by atoms with Gasteiger partial charge in [-0.1, -0.05) is 41.9 Å². The molecule has 31 heavy (non-hydrogen) atoms. The third-order valence-corrected chi connectivity index (χ3v) is 5.88. The molecule has 1 amide bonds. The number of halogens is 4. The van der Waals surface area contributed by atoms with Gasteiger partial charge in [-0.25, -0.2) is 4.98 Å². The molecular formula is C23H21ClF3N3O. The zero-order chi connectivity index (χ0) is 22.0. The molecule has 1 aromatic heterocycles. The summed E-state index contributed by atoms with van der Waals surface area (Å²) in [5, 5.41) is 7.35. The zero-order valence-electron chi connectivity index (χ0n) is 16.5. The second kappa shape index (κ2) is 8.75. The number of rotatable bonds is 4. The quantitative estimate of drug-likeness (QED) is 0.511. The number of aromatic nitrogens is 1. The number of benzene rings is 2. The smallest absolute Gasteiger partial charge is 0.382 e. The summed E-state index contributed by atoms with van der Waals surface area (Å²) in [6.45, 7) is 0. The minimum Gasteiger partial charge on any atom is -0.382 e. The van der Waals surface area contributed by atoms with Crippen LogP contribution < -0.4 is 10.6 Å². The van der Waals surface area contributed by atoms with Crippen molar-refractivity contribution in [2.75, 3.05) is 5.32 Å². The van der Waals surface area contributed by atoms with E-state index in [0.29, 0.717) is 27.2 Å². The van der Waals surface area contributed by atoms with Gasteiger partial charge in [-0.3, -0.25) is 4.79 Å². The van der Waals surface area contributed by atoms with E-state index in [-0.39, 0.29) is 18.0 Å². The van der Waals surface area contributed by atoms with Crippen molar-refractivity contribution >= 4 is 34.1 Å². The van der Waals surface area contributed by atoms with Gasteiger partial charge in [-0.15, -0.1) is 0 Å². The maximum absolute atomic E-state index is 13.3. The lowest BCUT2D eigenvalue weighted by Crippen LogP contribution is -2.40. The van der Waals surface area contributed by atoms with Crippen LogP contribution in [0.25, 0.3) is 10.9 Å². The van der Waals surface area contributed by atoms with Crippen molar-refractivity contribution in [1.29, 1.82) is 0 Å². The van der Waals surface area contributed by atoms with E-state index in [1.807, 2.05) is 0 Å². The van der Waals surface area contributed by atoms with Crippen LogP contribution in [0.1, 0.15) is 41.7 Å². The molecule has 0 saturated heterocycles. The van der Waals surface area contributed by atoms with Gasteiger partial charge in [0, 0.05) is 23.2 Å². The normalized spacial score (nSPS) is 19.2. The highest BCUT2D eigenvalue weighted by molar-refractivity contribution is 6.33. The number of nitrogens with one attached hydrogen (secondary N) is 2. The molecule has 1 fully saturated rings. The number of alkyl halides is 3. The lowest BCUT2D eigenvalue weighted by Gasteiger charge is -2.31. The number of hydrogen-bond donors (Lipinski definition) is 2. The maximum atomic E-state index is 13.3. The summed E-state index contributed by atoms with van der Waals surface area (Å²) in [5.41, 5.74) is 0.267. The third-order valence-electron chi connectivity index (χ3n) is 5.55. The lowest BCUT2D eigenvalue weighted by molar-refractivity contribution is -0.140. The number of hydrogen-bond acceptors (Lipinski definition) is 3. The standard InChI is InChI=1S/C23H21ClF3N3O/c24-18-7-3-1-5-16(18)22(31)29-15-11-9-14(10-12-15)28-20-13-21(23(25,26)27)30-19-8-4-2-6-17(19)20/h1-8,13-15H,9-12H2,(H,28,30)(H,29,31). The zero-order valence-corrected chi connectivity index (χ0v) is 17.3. The van der Waals surface area contributed by atoms with Crippen molar-refractivity contribution in [3.05, 3.63) is 70.9 Å². The van der Waals surface area contributed by atoms with E-state index in [2.05, 4.69) is 15.6 Å². The third kappa shape index (κ3) is 4.93. The summed E-state index contributed by atoms with van der Waals surface area (Å²) in [7, 11) is 0. The molecule has 4 rings (SSSR count). The fraction of sp³-hybridized carbons (Fsp3) is 0.304. The van der Waals surface area contributed by atoms with Crippen LogP contribution in [0.15, 0.2) is 54.6 Å². The number of amides is 1. The van der Waals surface area contributed by atoms with Crippen LogP contribution in [0, 0.1) is 0 Å². The van der Waals surface area contributed by atoms with Crippen molar-refractivity contribution in [2.24, 2.45) is 0 Å². The van der Waals surface area contributed by atoms with E-state index in [1.54, 1.807) is 48.5 Å². The highest BCUT2D eigenvalue weighted by atomic mass is 35.5. The van der Waals surface area contributed by atoms with Crippen LogP contribution in [0.5, 0.6) is 0 Å². The average Bonchev–Trinajstić information content (AvgIpc) is 2.74. The summed E-state index contributed by atoms with van der Waals surface area (Å²) < 4.78 is 39.8. The SMILES string of the molecule is O=C(NC1CCC(Nc2cc(C(F)(F)F)nc3ccccc23)CC1)c1ccccc1Cl. The van der Waals surface area contributed by atoms with Crippen LogP contribution in [0.4, 0.5) is 18.9 Å². The summed E-state index contributed by atoms with van der Waals surface area (Å²) in [6, 6.07) is 14.8. The molecule has 1 saturated carbocycles. The fourth-order valence-electron chi connectivity index (χ4n) is 3.95. The average molecular weight is 448 g/mol. The van der Waals surface area contributed by atoms with Crippen molar-refractivity contribution < 1.29 is 18.0 Å². The molecular weight excluding hydrogens is 427 g/mol. The molecule has 8 heteroatoms. The minimum atomic E-state index is -4.51. The van der Waals surface area contributed by atoms with Gasteiger partial charge in [0.2, 0.25) is 0 Å². The van der Waals surface area contributed by atoms with Crippen LogP contribution in [0.2, 0.25) is 5.02 Å². The Morgan fingerprint density at radius 1 is 0.968 bits per heavy atom. The number of fused-ring (bicyclic) bond motifs is 1. The lowest BCUT2D eigenvalue weighted by atomic mass is 9.90. The Kier molecular flexibility index (Phi) is 6.05. The molecule has 0 aliphatic heterocycles. The first-order valence-corrected chi connectivity index (χ1v) is 10.5. The molecule has 2 N–H and O–H groups in total. The molecule has 1 aliphatic carbocycles. The molecule has 3 aromatic rings. The molecule has 0 bridgehead atoms. The summed E-state index contributed by atoms with van der Waals surface area (Å²) in [4.78, 5) is 16.2. The first-order chi connectivity index (χ1) is 14.8. The van der Waals surface area contributed by atoms with Gasteiger partial charge < -0.3 is 10.6 Å². The first kappa shape index (κ1) is 21.4. The van der Waals surface area contributed by atoms with Crippen molar-refractivity contribution in [1.82, 2.24) is 10.3 Å². The van der Waals surface area contributed by atoms with Crippen LogP contribution in [-0.4, -0.2) is 23.0 Å². The predicted molar refractivity (Wildman–Crippen MR) is 115 cm³/mol. The second-order valence-electron chi connectivity index (χ2n) is 7.72. The Morgan fingerprint density at radius 2 is 1.61 bits per heavy atom. The topological polar surface area (TPSA) is 54.0 Å². The van der Waals surface area contributed by atoms with Gasteiger partial charge in [0.1, 0.15) is 5.69 Å². The number of para-hydroxylation sites is 1. The van der Waals surface area contributed by atoms with Gasteiger partial charge in [-0.2, -0.15) is 13.2 Å². The molecule has 4 nitrogen and oxygen atoms in total. The van der Waals surface area contributed by atoms with Crippen LogP contribution >= 0.6 is 11.6 Å². The van der Waals surface area contributed by atoms with E-state index >= 15 is 0 Å². The molecule has 1 aliphatic rings. The number of carbonyl (C=O) groups is 1. The van der Waals surface area contributed by atoms with Gasteiger partial charge >= 0.3 is 6.18 Å². The summed E-state index contributed by atoms with van der Waals surface area (Å²) >= 11 is 6.09. The Labute approximate surface area is 182 Å². The predicted octanol–water partition coefficient (Wildman–Crippen LogP) is 6.06. The van der Waals surface area contributed by atoms with Gasteiger partial charge in [-0.05, 0) is 49.9 Å². The Balaban J connectivity index is 1.43. The molecule has 1 heterocycles. The largest absolute Gasteiger partial charge is 0.433 e. The molecule has 0 radical (unpaired) electrons. The number of nitrogens with zero attached hydrogens (tertiary/aromatic N) is 1. The minimum absolute atomic E-state index is 0.00161. The van der Waals surface area contributed by atoms with Crippen molar-refractivity contribution in [2.45, 2.75) is 43.9 Å². The fourth-order valence-corrected chi connectivity index (χ4v) is 4.17. The van der Waals surface area contributed by atoms with E-state index in [1.165, 1.54) is 0 Å². The maximum Gasteiger partial charge on any atom is 0.433 e. The summed E-state index contributed by atoms with van der Waals surface area (Å²) in [5.74, 6) is -0.211. The molecule has 0 atom stereocenters. The first-order valence-electron chi connectivity index (χ1n) is 10.1. The summed E-state index contributed by atoms with van der Waals surface area (Å²) in [6.07, 6.45) is -1.61. The molecule has 0 unspecified atom stereocenters. The Bertz CT molecular complexity index is 1090. The monoisotopic (exact) mass is 447 g/mol. The second-order valence-corrected chi connectivity index (χ2v) is 8.12. The number of carbonyl (C=O) groups excluding carboxylic acids is 1.